The minimum absolute atomic E-state index is 0.114. The lowest BCUT2D eigenvalue weighted by Crippen LogP contribution is -2.51. The molecule has 1 aromatic carbocycles. The van der Waals surface area contributed by atoms with E-state index in [0.29, 0.717) is 5.92 Å². The van der Waals surface area contributed by atoms with Crippen molar-refractivity contribution in [1.29, 1.82) is 0 Å². The number of halogens is 1. The van der Waals surface area contributed by atoms with Gasteiger partial charge in [-0.25, -0.2) is 0 Å². The molecule has 0 radical (unpaired) electrons. The maximum absolute atomic E-state index is 9.71. The van der Waals surface area contributed by atoms with Crippen LogP contribution in [-0.2, 0) is 6.54 Å². The Morgan fingerprint density at radius 3 is 2.89 bits per heavy atom. The summed E-state index contributed by atoms with van der Waals surface area (Å²) in [6.07, 6.45) is 4.57. The fraction of sp³-hybridized carbons (Fsp3) is 0.600. The van der Waals surface area contributed by atoms with E-state index in [9.17, 15) is 5.11 Å². The number of nitrogens with one attached hydrogen (secondary N) is 1. The van der Waals surface area contributed by atoms with Gasteiger partial charge in [0.1, 0.15) is 0 Å². The fourth-order valence-electron chi connectivity index (χ4n) is 2.94. The first-order chi connectivity index (χ1) is 8.65. The first kappa shape index (κ1) is 13.9. The fourth-order valence-corrected chi connectivity index (χ4v) is 3.15. The highest BCUT2D eigenvalue weighted by Crippen LogP contribution is 2.32. The summed E-state index contributed by atoms with van der Waals surface area (Å²) in [5.41, 5.74) is 0.988. The topological polar surface area (TPSA) is 32.3 Å². The molecule has 3 heteroatoms. The molecule has 1 fully saturated rings. The van der Waals surface area contributed by atoms with E-state index in [2.05, 4.69) is 12.2 Å². The van der Waals surface area contributed by atoms with Crippen LogP contribution >= 0.6 is 11.6 Å². The van der Waals surface area contributed by atoms with Crippen molar-refractivity contribution in [2.75, 3.05) is 6.61 Å². The summed E-state index contributed by atoms with van der Waals surface area (Å²) in [6.45, 7) is 3.20. The van der Waals surface area contributed by atoms with Crippen LogP contribution in [0, 0.1) is 5.92 Å². The minimum atomic E-state index is -0.114. The molecule has 2 rings (SSSR count). The molecule has 2 N–H and O–H groups in total. The summed E-state index contributed by atoms with van der Waals surface area (Å²) in [6, 6.07) is 7.88. The van der Waals surface area contributed by atoms with E-state index in [0.717, 1.165) is 30.0 Å². The normalized spacial score (nSPS) is 28.3. The van der Waals surface area contributed by atoms with Gasteiger partial charge in [0, 0.05) is 17.1 Å². The van der Waals surface area contributed by atoms with Gasteiger partial charge in [-0.2, -0.15) is 0 Å². The average molecular weight is 268 g/mol. The largest absolute Gasteiger partial charge is 0.394 e. The van der Waals surface area contributed by atoms with Crippen molar-refractivity contribution in [2.24, 2.45) is 5.92 Å². The van der Waals surface area contributed by atoms with Crippen LogP contribution in [0.25, 0.3) is 0 Å². The molecule has 2 nitrogen and oxygen atoms in total. The zero-order valence-electron chi connectivity index (χ0n) is 11.0. The third kappa shape index (κ3) is 3.25. The first-order valence-corrected chi connectivity index (χ1v) is 7.12. The van der Waals surface area contributed by atoms with Crippen molar-refractivity contribution in [3.63, 3.8) is 0 Å². The van der Waals surface area contributed by atoms with Crippen LogP contribution in [0.2, 0.25) is 5.02 Å². The van der Waals surface area contributed by atoms with Crippen molar-refractivity contribution >= 4 is 11.6 Å². The lowest BCUT2D eigenvalue weighted by Gasteiger charge is -2.39. The van der Waals surface area contributed by atoms with Gasteiger partial charge >= 0.3 is 0 Å². The number of benzene rings is 1. The van der Waals surface area contributed by atoms with Crippen molar-refractivity contribution in [2.45, 2.75) is 44.7 Å². The van der Waals surface area contributed by atoms with E-state index in [-0.39, 0.29) is 12.1 Å². The summed E-state index contributed by atoms with van der Waals surface area (Å²) in [4.78, 5) is 0. The second kappa shape index (κ2) is 6.05. The Morgan fingerprint density at radius 1 is 1.44 bits per heavy atom. The number of aliphatic hydroxyl groups is 1. The lowest BCUT2D eigenvalue weighted by atomic mass is 9.77. The van der Waals surface area contributed by atoms with Gasteiger partial charge in [-0.05, 0) is 30.4 Å². The molecule has 18 heavy (non-hydrogen) atoms. The molecule has 1 aromatic rings. The molecule has 1 aliphatic carbocycles. The van der Waals surface area contributed by atoms with Gasteiger partial charge in [0.25, 0.3) is 0 Å². The monoisotopic (exact) mass is 267 g/mol. The predicted octanol–water partition coefficient (Wildman–Crippen LogP) is 3.37. The molecule has 0 heterocycles. The zero-order valence-corrected chi connectivity index (χ0v) is 11.7. The maximum atomic E-state index is 9.71. The Balaban J connectivity index is 2.01. The summed E-state index contributed by atoms with van der Waals surface area (Å²) in [7, 11) is 0. The molecule has 2 atom stereocenters. The first-order valence-electron chi connectivity index (χ1n) is 6.74. The van der Waals surface area contributed by atoms with Gasteiger partial charge in [-0.1, -0.05) is 49.6 Å². The second-order valence-corrected chi connectivity index (χ2v) is 5.99. The molecule has 2 unspecified atom stereocenters. The van der Waals surface area contributed by atoms with Crippen LogP contribution in [0.1, 0.15) is 38.2 Å². The molecule has 100 valence electrons. The van der Waals surface area contributed by atoms with E-state index in [1.54, 1.807) is 0 Å². The molecule has 0 amide bonds. The highest BCUT2D eigenvalue weighted by molar-refractivity contribution is 6.31. The quantitative estimate of drug-likeness (QED) is 0.877. The lowest BCUT2D eigenvalue weighted by molar-refractivity contribution is 0.0982. The summed E-state index contributed by atoms with van der Waals surface area (Å²) in [5.74, 6) is 0.685. The zero-order chi connectivity index (χ0) is 13.0. The van der Waals surface area contributed by atoms with Crippen molar-refractivity contribution in [3.8, 4) is 0 Å². The molecule has 0 saturated heterocycles. The van der Waals surface area contributed by atoms with Gasteiger partial charge in [0.2, 0.25) is 0 Å². The maximum Gasteiger partial charge on any atom is 0.0613 e. The van der Waals surface area contributed by atoms with Crippen LogP contribution < -0.4 is 5.32 Å². The summed E-state index contributed by atoms with van der Waals surface area (Å²) >= 11 is 6.16. The number of hydrogen-bond donors (Lipinski definition) is 2. The summed E-state index contributed by atoms with van der Waals surface area (Å²) in [5, 5.41) is 14.0. The molecular weight excluding hydrogens is 246 g/mol. The van der Waals surface area contributed by atoms with E-state index >= 15 is 0 Å². The molecular formula is C15H22ClNO. The molecule has 1 saturated carbocycles. The summed E-state index contributed by atoms with van der Waals surface area (Å²) < 4.78 is 0. The Hall–Kier alpha value is -0.570. The van der Waals surface area contributed by atoms with Crippen LogP contribution in [0.4, 0.5) is 0 Å². The van der Waals surface area contributed by atoms with Gasteiger partial charge in [0.15, 0.2) is 0 Å². The Labute approximate surface area is 114 Å². The highest BCUT2D eigenvalue weighted by atomic mass is 35.5. The van der Waals surface area contributed by atoms with E-state index in [1.807, 2.05) is 24.3 Å². The Kier molecular flexibility index (Phi) is 4.66. The SMILES string of the molecule is CC1CCCC(CO)(NCc2ccccc2Cl)C1. The third-order valence-electron chi connectivity index (χ3n) is 4.01. The number of rotatable bonds is 4. The van der Waals surface area contributed by atoms with Gasteiger partial charge in [-0.3, -0.25) is 0 Å². The van der Waals surface area contributed by atoms with Gasteiger partial charge in [0.05, 0.1) is 6.61 Å². The average Bonchev–Trinajstić information content (AvgIpc) is 2.38. The Bertz CT molecular complexity index is 396. The number of aliphatic hydroxyl groups excluding tert-OH is 1. The Morgan fingerprint density at radius 2 is 2.22 bits per heavy atom. The predicted molar refractivity (Wildman–Crippen MR) is 75.7 cm³/mol. The molecule has 1 aliphatic rings. The van der Waals surface area contributed by atoms with Crippen molar-refractivity contribution in [3.05, 3.63) is 34.9 Å². The number of hydrogen-bond acceptors (Lipinski definition) is 2. The van der Waals surface area contributed by atoms with Crippen molar-refractivity contribution in [1.82, 2.24) is 5.32 Å². The van der Waals surface area contributed by atoms with Crippen LogP contribution in [-0.4, -0.2) is 17.3 Å². The third-order valence-corrected chi connectivity index (χ3v) is 4.37. The highest BCUT2D eigenvalue weighted by Gasteiger charge is 2.33. The minimum Gasteiger partial charge on any atom is -0.394 e. The van der Waals surface area contributed by atoms with E-state index in [4.69, 9.17) is 11.6 Å². The second-order valence-electron chi connectivity index (χ2n) is 5.58. The van der Waals surface area contributed by atoms with E-state index < -0.39 is 0 Å². The smallest absolute Gasteiger partial charge is 0.0613 e. The van der Waals surface area contributed by atoms with Crippen molar-refractivity contribution < 1.29 is 5.11 Å². The molecule has 0 aromatic heterocycles. The molecule has 0 spiro atoms. The van der Waals surface area contributed by atoms with Gasteiger partial charge in [-0.15, -0.1) is 0 Å². The van der Waals surface area contributed by atoms with E-state index in [1.165, 1.54) is 12.8 Å². The van der Waals surface area contributed by atoms with Crippen LogP contribution in [0.15, 0.2) is 24.3 Å². The molecule has 0 bridgehead atoms. The van der Waals surface area contributed by atoms with Crippen LogP contribution in [0.3, 0.4) is 0 Å². The van der Waals surface area contributed by atoms with Gasteiger partial charge < -0.3 is 10.4 Å². The standard InChI is InChI=1S/C15H22ClNO/c1-12-5-4-8-15(9-12,11-18)17-10-13-6-2-3-7-14(13)16/h2-3,6-7,12,17-18H,4-5,8-11H2,1H3. The molecule has 0 aliphatic heterocycles. The van der Waals surface area contributed by atoms with Crippen LogP contribution in [0.5, 0.6) is 0 Å².